The van der Waals surface area contributed by atoms with Gasteiger partial charge >= 0.3 is 0 Å². The van der Waals surface area contributed by atoms with Gasteiger partial charge in [-0.1, -0.05) is 6.07 Å². The van der Waals surface area contributed by atoms with E-state index >= 15 is 0 Å². The summed E-state index contributed by atoms with van der Waals surface area (Å²) in [5.41, 5.74) is 5.38. The van der Waals surface area contributed by atoms with Crippen LogP contribution >= 0.6 is 0 Å². The minimum Gasteiger partial charge on any atom is -0.378 e. The second kappa shape index (κ2) is 5.09. The third kappa shape index (κ3) is 2.46. The van der Waals surface area contributed by atoms with Gasteiger partial charge in [-0.2, -0.15) is 0 Å². The van der Waals surface area contributed by atoms with Crippen LogP contribution in [0, 0.1) is 27.7 Å². The maximum Gasteiger partial charge on any atom is 0.166 e. The largest absolute Gasteiger partial charge is 0.378 e. The standard InChI is InChI=1S/C17H24O2/c1-11-9-12(2)14(4)16(13(11)3)15(18)10-17(19-5)7-6-8-17/h9H,6-8,10H2,1-5H3. The Morgan fingerprint density at radius 1 is 1.16 bits per heavy atom. The Kier molecular flexibility index (Phi) is 3.82. The van der Waals surface area contributed by atoms with Crippen LogP contribution in [0.25, 0.3) is 0 Å². The maximum absolute atomic E-state index is 12.7. The van der Waals surface area contributed by atoms with Crippen LogP contribution in [0.4, 0.5) is 0 Å². The molecular formula is C17H24O2. The molecule has 0 spiro atoms. The minimum atomic E-state index is -0.187. The van der Waals surface area contributed by atoms with Gasteiger partial charge in [0.2, 0.25) is 0 Å². The highest BCUT2D eigenvalue weighted by molar-refractivity contribution is 6.00. The number of rotatable bonds is 4. The van der Waals surface area contributed by atoms with Gasteiger partial charge in [0.15, 0.2) is 5.78 Å². The summed E-state index contributed by atoms with van der Waals surface area (Å²) in [4.78, 5) is 12.7. The molecule has 104 valence electrons. The Morgan fingerprint density at radius 2 is 1.68 bits per heavy atom. The summed E-state index contributed by atoms with van der Waals surface area (Å²) in [5.74, 6) is 0.239. The molecular weight excluding hydrogens is 236 g/mol. The predicted octanol–water partition coefficient (Wildman–Crippen LogP) is 4.06. The zero-order chi connectivity index (χ0) is 14.2. The van der Waals surface area contributed by atoms with E-state index in [0.29, 0.717) is 6.42 Å². The zero-order valence-electron chi connectivity index (χ0n) is 12.7. The van der Waals surface area contributed by atoms with Crippen molar-refractivity contribution in [2.45, 2.75) is 59.0 Å². The van der Waals surface area contributed by atoms with Gasteiger partial charge in [-0.3, -0.25) is 4.79 Å². The highest BCUT2D eigenvalue weighted by Crippen LogP contribution is 2.39. The number of benzene rings is 1. The Balaban J connectivity index is 2.34. The number of carbonyl (C=O) groups excluding carboxylic acids is 1. The average Bonchev–Trinajstić information content (AvgIpc) is 2.32. The van der Waals surface area contributed by atoms with E-state index < -0.39 is 0 Å². The van der Waals surface area contributed by atoms with Gasteiger partial charge < -0.3 is 4.74 Å². The molecule has 2 rings (SSSR count). The molecule has 1 saturated carbocycles. The molecule has 0 saturated heterocycles. The molecule has 0 heterocycles. The molecule has 1 aromatic rings. The lowest BCUT2D eigenvalue weighted by Crippen LogP contribution is -2.41. The third-order valence-corrected chi connectivity index (χ3v) is 4.83. The maximum atomic E-state index is 12.7. The summed E-state index contributed by atoms with van der Waals surface area (Å²) >= 11 is 0. The first kappa shape index (κ1) is 14.3. The van der Waals surface area contributed by atoms with E-state index in [4.69, 9.17) is 4.74 Å². The van der Waals surface area contributed by atoms with Gasteiger partial charge in [0, 0.05) is 19.1 Å². The number of methoxy groups -OCH3 is 1. The topological polar surface area (TPSA) is 26.3 Å². The molecule has 19 heavy (non-hydrogen) atoms. The molecule has 0 aliphatic heterocycles. The average molecular weight is 260 g/mol. The van der Waals surface area contributed by atoms with Crippen LogP contribution in [0.3, 0.4) is 0 Å². The van der Waals surface area contributed by atoms with Crippen molar-refractivity contribution in [2.24, 2.45) is 0 Å². The van der Waals surface area contributed by atoms with Gasteiger partial charge in [-0.25, -0.2) is 0 Å². The van der Waals surface area contributed by atoms with Crippen molar-refractivity contribution in [3.05, 3.63) is 33.9 Å². The molecule has 0 radical (unpaired) electrons. The SMILES string of the molecule is COC1(CC(=O)c2c(C)c(C)cc(C)c2C)CCC1. The highest BCUT2D eigenvalue weighted by atomic mass is 16.5. The minimum absolute atomic E-state index is 0.187. The molecule has 0 aromatic heterocycles. The number of ether oxygens (including phenoxy) is 1. The fourth-order valence-electron chi connectivity index (χ4n) is 3.04. The quantitative estimate of drug-likeness (QED) is 0.763. The summed E-state index contributed by atoms with van der Waals surface area (Å²) in [6.45, 7) is 8.26. The van der Waals surface area contributed by atoms with Crippen LogP contribution in [0.1, 0.15) is 58.3 Å². The molecule has 0 N–H and O–H groups in total. The van der Waals surface area contributed by atoms with Crippen molar-refractivity contribution in [2.75, 3.05) is 7.11 Å². The van der Waals surface area contributed by atoms with E-state index in [1.165, 1.54) is 17.5 Å². The lowest BCUT2D eigenvalue weighted by atomic mass is 9.75. The van der Waals surface area contributed by atoms with E-state index in [1.54, 1.807) is 7.11 Å². The zero-order valence-corrected chi connectivity index (χ0v) is 12.7. The molecule has 2 nitrogen and oxygen atoms in total. The van der Waals surface area contributed by atoms with Crippen molar-refractivity contribution in [3.63, 3.8) is 0 Å². The summed E-state index contributed by atoms with van der Waals surface area (Å²) in [6.07, 6.45) is 3.72. The van der Waals surface area contributed by atoms with E-state index in [2.05, 4.69) is 33.8 Å². The van der Waals surface area contributed by atoms with E-state index in [1.807, 2.05) is 0 Å². The smallest absolute Gasteiger partial charge is 0.166 e. The van der Waals surface area contributed by atoms with Crippen LogP contribution in [-0.2, 0) is 4.74 Å². The van der Waals surface area contributed by atoms with Crippen molar-refractivity contribution in [3.8, 4) is 0 Å². The molecule has 0 atom stereocenters. The van der Waals surface area contributed by atoms with Gasteiger partial charge in [0.1, 0.15) is 0 Å². The van der Waals surface area contributed by atoms with E-state index in [-0.39, 0.29) is 11.4 Å². The van der Waals surface area contributed by atoms with Crippen LogP contribution in [0.2, 0.25) is 0 Å². The van der Waals surface area contributed by atoms with E-state index in [0.717, 1.165) is 29.5 Å². The number of hydrogen-bond donors (Lipinski definition) is 0. The van der Waals surface area contributed by atoms with Gasteiger partial charge in [-0.05, 0) is 69.2 Å². The number of ketones is 1. The first-order chi connectivity index (χ1) is 8.90. The van der Waals surface area contributed by atoms with Crippen molar-refractivity contribution in [1.29, 1.82) is 0 Å². The fraction of sp³-hybridized carbons (Fsp3) is 0.588. The van der Waals surface area contributed by atoms with Crippen molar-refractivity contribution < 1.29 is 9.53 Å². The summed E-state index contributed by atoms with van der Waals surface area (Å²) in [5, 5.41) is 0. The number of Topliss-reactive ketones (excluding diaryl/α,β-unsaturated/α-hetero) is 1. The van der Waals surface area contributed by atoms with Crippen molar-refractivity contribution >= 4 is 5.78 Å². The normalized spacial score (nSPS) is 17.1. The summed E-state index contributed by atoms with van der Waals surface area (Å²) in [6, 6.07) is 2.16. The molecule has 1 aromatic carbocycles. The Hall–Kier alpha value is -1.15. The molecule has 0 unspecified atom stereocenters. The molecule has 0 amide bonds. The Labute approximate surface area is 116 Å². The molecule has 2 heteroatoms. The van der Waals surface area contributed by atoms with Crippen LogP contribution < -0.4 is 0 Å². The second-order valence-corrected chi connectivity index (χ2v) is 5.98. The Morgan fingerprint density at radius 3 is 2.05 bits per heavy atom. The lowest BCUT2D eigenvalue weighted by molar-refractivity contribution is -0.0705. The van der Waals surface area contributed by atoms with Crippen LogP contribution in [0.15, 0.2) is 6.07 Å². The van der Waals surface area contributed by atoms with Crippen LogP contribution in [0.5, 0.6) is 0 Å². The molecule has 1 fully saturated rings. The van der Waals surface area contributed by atoms with Crippen LogP contribution in [-0.4, -0.2) is 18.5 Å². The lowest BCUT2D eigenvalue weighted by Gasteiger charge is -2.40. The summed E-state index contributed by atoms with van der Waals surface area (Å²) < 4.78 is 5.59. The second-order valence-electron chi connectivity index (χ2n) is 5.98. The number of hydrogen-bond acceptors (Lipinski definition) is 2. The molecule has 0 bridgehead atoms. The molecule has 1 aliphatic carbocycles. The predicted molar refractivity (Wildman–Crippen MR) is 77.9 cm³/mol. The number of aryl methyl sites for hydroxylation is 2. The highest BCUT2D eigenvalue weighted by Gasteiger charge is 2.39. The molecule has 1 aliphatic rings. The van der Waals surface area contributed by atoms with Gasteiger partial charge in [0.05, 0.1) is 5.60 Å². The van der Waals surface area contributed by atoms with Gasteiger partial charge in [0.25, 0.3) is 0 Å². The van der Waals surface area contributed by atoms with E-state index in [9.17, 15) is 4.79 Å². The number of carbonyl (C=O) groups is 1. The fourth-order valence-corrected chi connectivity index (χ4v) is 3.04. The summed E-state index contributed by atoms with van der Waals surface area (Å²) in [7, 11) is 1.73. The Bertz CT molecular complexity index is 479. The van der Waals surface area contributed by atoms with Crippen molar-refractivity contribution in [1.82, 2.24) is 0 Å². The first-order valence-electron chi connectivity index (χ1n) is 7.06. The monoisotopic (exact) mass is 260 g/mol. The third-order valence-electron chi connectivity index (χ3n) is 4.83. The van der Waals surface area contributed by atoms with Gasteiger partial charge in [-0.15, -0.1) is 0 Å². The first-order valence-corrected chi connectivity index (χ1v) is 7.06.